The molecule has 0 radical (unpaired) electrons. The lowest BCUT2D eigenvalue weighted by atomic mass is 10.3. The van der Waals surface area contributed by atoms with E-state index >= 15 is 0 Å². The molecule has 2 N–H and O–H groups in total. The fourth-order valence-electron chi connectivity index (χ4n) is 2.24. The Morgan fingerprint density at radius 3 is 2.73 bits per heavy atom. The molecule has 1 saturated heterocycles. The topological polar surface area (TPSA) is 62.8 Å². The molecule has 0 atom stereocenters. The van der Waals surface area contributed by atoms with Crippen molar-refractivity contribution in [1.82, 2.24) is 15.5 Å². The molecule has 1 aromatic carbocycles. The Balaban J connectivity index is 1.44. The van der Waals surface area contributed by atoms with Gasteiger partial charge in [0, 0.05) is 39.3 Å². The van der Waals surface area contributed by atoms with E-state index in [1.54, 1.807) is 0 Å². The fraction of sp³-hybridized carbons (Fsp3) is 0.562. The minimum absolute atomic E-state index is 0.0742. The second kappa shape index (κ2) is 10.2. The lowest BCUT2D eigenvalue weighted by molar-refractivity contribution is -0.125. The number of para-hydroxylation sites is 1. The predicted octanol–water partition coefficient (Wildman–Crippen LogP) is 0.103. The van der Waals surface area contributed by atoms with Crippen LogP contribution in [0.1, 0.15) is 0 Å². The summed E-state index contributed by atoms with van der Waals surface area (Å²) in [5, 5.41) is 6.18. The van der Waals surface area contributed by atoms with Gasteiger partial charge in [0.2, 0.25) is 5.91 Å². The lowest BCUT2D eigenvalue weighted by Gasteiger charge is -2.27. The highest BCUT2D eigenvalue weighted by molar-refractivity contribution is 5.77. The number of hydrogen-bond acceptors (Lipinski definition) is 5. The van der Waals surface area contributed by atoms with Crippen molar-refractivity contribution in [2.45, 2.75) is 0 Å². The maximum absolute atomic E-state index is 11.6. The van der Waals surface area contributed by atoms with Crippen LogP contribution in [-0.2, 0) is 9.53 Å². The maximum Gasteiger partial charge on any atom is 0.246 e. The summed E-state index contributed by atoms with van der Waals surface area (Å²) in [6.45, 7) is 6.63. The summed E-state index contributed by atoms with van der Waals surface area (Å²) in [5.74, 6) is 0.737. The summed E-state index contributed by atoms with van der Waals surface area (Å²) in [7, 11) is 0. The van der Waals surface area contributed by atoms with Gasteiger partial charge in [-0.05, 0) is 12.1 Å². The smallest absolute Gasteiger partial charge is 0.246 e. The number of hydrogen-bond donors (Lipinski definition) is 2. The van der Waals surface area contributed by atoms with Crippen molar-refractivity contribution in [3.63, 3.8) is 0 Å². The standard InChI is InChI=1S/C16H25N3O3/c20-16(18-8-11-19-9-6-17-7-10-19)14-21-12-13-22-15-4-2-1-3-5-15/h1-5,17H,6-14H2,(H,18,20). The zero-order valence-electron chi connectivity index (χ0n) is 12.9. The van der Waals surface area contributed by atoms with Crippen LogP contribution >= 0.6 is 0 Å². The zero-order valence-corrected chi connectivity index (χ0v) is 12.9. The first-order chi connectivity index (χ1) is 10.8. The third-order valence-electron chi connectivity index (χ3n) is 3.43. The molecule has 0 aromatic heterocycles. The molecule has 1 amide bonds. The molecule has 2 rings (SSSR count). The second-order valence-corrected chi connectivity index (χ2v) is 5.16. The number of amides is 1. The minimum Gasteiger partial charge on any atom is -0.491 e. The van der Waals surface area contributed by atoms with Gasteiger partial charge < -0.3 is 20.1 Å². The molecule has 1 aromatic rings. The normalized spacial score (nSPS) is 15.5. The number of ether oxygens (including phenoxy) is 2. The number of carbonyl (C=O) groups excluding carboxylic acids is 1. The molecule has 1 heterocycles. The van der Waals surface area contributed by atoms with Gasteiger partial charge in [0.15, 0.2) is 0 Å². The van der Waals surface area contributed by atoms with Crippen LogP contribution in [0.3, 0.4) is 0 Å². The lowest BCUT2D eigenvalue weighted by Crippen LogP contribution is -2.46. The molecule has 0 bridgehead atoms. The number of carbonyl (C=O) groups is 1. The van der Waals surface area contributed by atoms with Gasteiger partial charge in [0.05, 0.1) is 6.61 Å². The monoisotopic (exact) mass is 307 g/mol. The number of piperazine rings is 1. The molecule has 1 aliphatic heterocycles. The highest BCUT2D eigenvalue weighted by atomic mass is 16.5. The molecule has 0 aliphatic carbocycles. The van der Waals surface area contributed by atoms with Gasteiger partial charge in [0.1, 0.15) is 19.0 Å². The molecular weight excluding hydrogens is 282 g/mol. The van der Waals surface area contributed by atoms with E-state index in [-0.39, 0.29) is 12.5 Å². The molecule has 22 heavy (non-hydrogen) atoms. The second-order valence-electron chi connectivity index (χ2n) is 5.16. The van der Waals surface area contributed by atoms with E-state index in [9.17, 15) is 4.79 Å². The van der Waals surface area contributed by atoms with Gasteiger partial charge in [-0.2, -0.15) is 0 Å². The first-order valence-corrected chi connectivity index (χ1v) is 7.80. The molecule has 122 valence electrons. The molecule has 0 spiro atoms. The molecule has 1 fully saturated rings. The number of nitrogens with one attached hydrogen (secondary N) is 2. The van der Waals surface area contributed by atoms with E-state index in [0.717, 1.165) is 38.5 Å². The van der Waals surface area contributed by atoms with Crippen molar-refractivity contribution in [3.8, 4) is 5.75 Å². The molecule has 6 nitrogen and oxygen atoms in total. The van der Waals surface area contributed by atoms with Crippen LogP contribution < -0.4 is 15.4 Å². The summed E-state index contributed by atoms with van der Waals surface area (Å²) in [6, 6.07) is 9.56. The van der Waals surface area contributed by atoms with Crippen LogP contribution in [0, 0.1) is 0 Å². The first kappa shape index (κ1) is 16.7. The van der Waals surface area contributed by atoms with Gasteiger partial charge in [-0.25, -0.2) is 0 Å². The van der Waals surface area contributed by atoms with Crippen molar-refractivity contribution in [1.29, 1.82) is 0 Å². The average Bonchev–Trinajstić information content (AvgIpc) is 2.56. The van der Waals surface area contributed by atoms with Gasteiger partial charge in [-0.3, -0.25) is 9.69 Å². The van der Waals surface area contributed by atoms with Crippen LogP contribution in [0.2, 0.25) is 0 Å². The van der Waals surface area contributed by atoms with Crippen molar-refractivity contribution in [3.05, 3.63) is 30.3 Å². The summed E-state index contributed by atoms with van der Waals surface area (Å²) in [4.78, 5) is 13.9. The van der Waals surface area contributed by atoms with Gasteiger partial charge >= 0.3 is 0 Å². The Hall–Kier alpha value is -1.63. The Morgan fingerprint density at radius 2 is 1.95 bits per heavy atom. The predicted molar refractivity (Wildman–Crippen MR) is 85.1 cm³/mol. The van der Waals surface area contributed by atoms with Crippen LogP contribution in [0.4, 0.5) is 0 Å². The molecule has 0 unspecified atom stereocenters. The van der Waals surface area contributed by atoms with E-state index in [1.807, 2.05) is 30.3 Å². The molecule has 0 saturated carbocycles. The van der Waals surface area contributed by atoms with Gasteiger partial charge in [-0.15, -0.1) is 0 Å². The van der Waals surface area contributed by atoms with Gasteiger partial charge in [-0.1, -0.05) is 18.2 Å². The number of benzene rings is 1. The Bertz CT molecular complexity index is 422. The molecule has 1 aliphatic rings. The van der Waals surface area contributed by atoms with Crippen LogP contribution in [-0.4, -0.2) is 69.9 Å². The van der Waals surface area contributed by atoms with Crippen molar-refractivity contribution < 1.29 is 14.3 Å². The van der Waals surface area contributed by atoms with Gasteiger partial charge in [0.25, 0.3) is 0 Å². The third-order valence-corrected chi connectivity index (χ3v) is 3.43. The highest BCUT2D eigenvalue weighted by Gasteiger charge is 2.09. The largest absolute Gasteiger partial charge is 0.491 e. The Labute approximate surface area is 131 Å². The first-order valence-electron chi connectivity index (χ1n) is 7.80. The molecular formula is C16H25N3O3. The SMILES string of the molecule is O=C(COCCOc1ccccc1)NCCN1CCNCC1. The van der Waals surface area contributed by atoms with E-state index < -0.39 is 0 Å². The summed E-state index contributed by atoms with van der Waals surface area (Å²) < 4.78 is 10.8. The molecule has 6 heteroatoms. The van der Waals surface area contributed by atoms with E-state index in [1.165, 1.54) is 0 Å². The van der Waals surface area contributed by atoms with Crippen LogP contribution in [0.15, 0.2) is 30.3 Å². The maximum atomic E-state index is 11.6. The van der Waals surface area contributed by atoms with E-state index in [4.69, 9.17) is 9.47 Å². The van der Waals surface area contributed by atoms with E-state index in [0.29, 0.717) is 19.8 Å². The summed E-state index contributed by atoms with van der Waals surface area (Å²) in [5.41, 5.74) is 0. The number of rotatable bonds is 9. The summed E-state index contributed by atoms with van der Waals surface area (Å²) >= 11 is 0. The highest BCUT2D eigenvalue weighted by Crippen LogP contribution is 2.07. The zero-order chi connectivity index (χ0) is 15.5. The quantitative estimate of drug-likeness (QED) is 0.634. The van der Waals surface area contributed by atoms with Crippen LogP contribution in [0.5, 0.6) is 5.75 Å². The van der Waals surface area contributed by atoms with Crippen LogP contribution in [0.25, 0.3) is 0 Å². The number of nitrogens with zero attached hydrogens (tertiary/aromatic N) is 1. The van der Waals surface area contributed by atoms with Crippen molar-refractivity contribution in [2.24, 2.45) is 0 Å². The van der Waals surface area contributed by atoms with E-state index in [2.05, 4.69) is 15.5 Å². The van der Waals surface area contributed by atoms with Crippen molar-refractivity contribution in [2.75, 3.05) is 59.1 Å². The summed E-state index contributed by atoms with van der Waals surface area (Å²) in [6.07, 6.45) is 0. The minimum atomic E-state index is -0.0742. The average molecular weight is 307 g/mol. The Morgan fingerprint density at radius 1 is 1.18 bits per heavy atom. The van der Waals surface area contributed by atoms with Crippen molar-refractivity contribution >= 4 is 5.91 Å². The Kier molecular flexibility index (Phi) is 7.73. The third kappa shape index (κ3) is 6.89. The fourth-order valence-corrected chi connectivity index (χ4v) is 2.24.